The first-order chi connectivity index (χ1) is 23.1. The fraction of sp³-hybridized carbons (Fsp3) is 0.915. The zero-order chi connectivity index (χ0) is 33.4. The summed E-state index contributed by atoms with van der Waals surface area (Å²) in [6.45, 7) is 9.30. The van der Waals surface area contributed by atoms with Gasteiger partial charge < -0.3 is 0 Å². The van der Waals surface area contributed by atoms with Crippen molar-refractivity contribution in [1.29, 1.82) is 0 Å². The van der Waals surface area contributed by atoms with Gasteiger partial charge >= 0.3 is 0 Å². The molecule has 4 fully saturated rings. The van der Waals surface area contributed by atoms with E-state index in [9.17, 15) is 0 Å². The van der Waals surface area contributed by atoms with E-state index in [0.29, 0.717) is 0 Å². The minimum absolute atomic E-state index is 0.911. The molecule has 0 aromatic rings. The van der Waals surface area contributed by atoms with Crippen molar-refractivity contribution in [3.63, 3.8) is 0 Å². The van der Waals surface area contributed by atoms with Crippen molar-refractivity contribution in [3.05, 3.63) is 24.3 Å². The lowest BCUT2D eigenvalue weighted by atomic mass is 9.77. The highest BCUT2D eigenvalue weighted by atomic mass is 14.3. The molecule has 0 heterocycles. The van der Waals surface area contributed by atoms with Crippen molar-refractivity contribution in [1.82, 2.24) is 0 Å². The zero-order valence-corrected chi connectivity index (χ0v) is 32.8. The molecule has 0 unspecified atom stereocenters. The molecule has 0 aliphatic heterocycles. The van der Waals surface area contributed by atoms with Crippen LogP contribution in [0.15, 0.2) is 24.3 Å². The number of unbranched alkanes of at least 4 members (excludes halogenated alkanes) is 7. The molecule has 0 saturated heterocycles. The van der Waals surface area contributed by atoms with Gasteiger partial charge in [-0.05, 0) is 150 Å². The maximum Gasteiger partial charge on any atom is -0.0233 e. The zero-order valence-electron chi connectivity index (χ0n) is 32.8. The molecule has 4 aliphatic rings. The lowest BCUT2D eigenvalue weighted by Gasteiger charge is -2.29. The molecule has 4 saturated carbocycles. The van der Waals surface area contributed by atoms with Gasteiger partial charge in [-0.15, -0.1) is 0 Å². The van der Waals surface area contributed by atoms with Crippen LogP contribution in [0.4, 0.5) is 0 Å². The third-order valence-electron chi connectivity index (χ3n) is 13.5. The fourth-order valence-electron chi connectivity index (χ4n) is 9.93. The summed E-state index contributed by atoms with van der Waals surface area (Å²) in [5, 5.41) is 0. The van der Waals surface area contributed by atoms with Gasteiger partial charge in [0.1, 0.15) is 0 Å². The molecule has 0 nitrogen and oxygen atoms in total. The standard InChI is InChI=1S/C25H46.C22H40/c1-3-5-7-8-9-11-23-14-18-25(19-15-23)21-20-24-16-12-22(13-17-24)10-6-4-2;1-3-5-6-8-20-11-15-22(16-12-20)18-17-21-13-9-19(7-4-2)10-14-21/h20-25H,3-19H2,1-2H3;17-22H,3-16H2,1-2H3. The van der Waals surface area contributed by atoms with Crippen molar-refractivity contribution in [2.24, 2.45) is 47.3 Å². The molecule has 0 aromatic heterocycles. The second kappa shape index (κ2) is 26.3. The molecule has 4 aliphatic carbocycles. The molecule has 0 radical (unpaired) electrons. The molecule has 274 valence electrons. The van der Waals surface area contributed by atoms with Crippen molar-refractivity contribution in [2.45, 2.75) is 227 Å². The van der Waals surface area contributed by atoms with Gasteiger partial charge in [-0.1, -0.05) is 148 Å². The number of hydrogen-bond acceptors (Lipinski definition) is 0. The van der Waals surface area contributed by atoms with E-state index >= 15 is 0 Å². The summed E-state index contributed by atoms with van der Waals surface area (Å²) in [6.07, 6.45) is 56.0. The molecule has 0 heteroatoms. The maximum atomic E-state index is 2.63. The molecule has 0 amide bonds. The van der Waals surface area contributed by atoms with Crippen LogP contribution >= 0.6 is 0 Å². The Bertz CT molecular complexity index is 743. The normalized spacial score (nSPS) is 32.0. The monoisotopic (exact) mass is 651 g/mol. The van der Waals surface area contributed by atoms with Crippen molar-refractivity contribution in [2.75, 3.05) is 0 Å². The van der Waals surface area contributed by atoms with Crippen LogP contribution in [0.5, 0.6) is 0 Å². The summed E-state index contributed by atoms with van der Waals surface area (Å²) in [4.78, 5) is 0. The van der Waals surface area contributed by atoms with E-state index in [0.717, 1.165) is 47.3 Å². The topological polar surface area (TPSA) is 0 Å². The molecule has 47 heavy (non-hydrogen) atoms. The van der Waals surface area contributed by atoms with Crippen molar-refractivity contribution >= 4 is 0 Å². The van der Waals surface area contributed by atoms with Crippen LogP contribution < -0.4 is 0 Å². The van der Waals surface area contributed by atoms with Crippen LogP contribution in [0.1, 0.15) is 227 Å². The third kappa shape index (κ3) is 18.3. The number of rotatable bonds is 19. The predicted octanol–water partition coefficient (Wildman–Crippen LogP) is 16.2. The van der Waals surface area contributed by atoms with Crippen LogP contribution in [0.3, 0.4) is 0 Å². The van der Waals surface area contributed by atoms with Gasteiger partial charge in [-0.3, -0.25) is 0 Å². The van der Waals surface area contributed by atoms with Crippen LogP contribution in [0, 0.1) is 47.3 Å². The Morgan fingerprint density at radius 1 is 0.277 bits per heavy atom. The average Bonchev–Trinajstić information content (AvgIpc) is 3.11. The maximum absolute atomic E-state index is 2.63. The van der Waals surface area contributed by atoms with Gasteiger partial charge in [0.25, 0.3) is 0 Å². The Morgan fingerprint density at radius 2 is 0.553 bits per heavy atom. The number of allylic oxidation sites excluding steroid dienone is 4. The minimum Gasteiger partial charge on any atom is -0.0851 e. The third-order valence-corrected chi connectivity index (χ3v) is 13.5. The van der Waals surface area contributed by atoms with Gasteiger partial charge in [-0.2, -0.15) is 0 Å². The molecular formula is C47H86. The highest BCUT2D eigenvalue weighted by Crippen LogP contribution is 2.37. The van der Waals surface area contributed by atoms with Crippen LogP contribution in [-0.4, -0.2) is 0 Å². The first-order valence-corrected chi connectivity index (χ1v) is 22.5. The van der Waals surface area contributed by atoms with Gasteiger partial charge in [0.2, 0.25) is 0 Å². The first kappa shape index (κ1) is 40.9. The largest absolute Gasteiger partial charge is 0.0851 e. The summed E-state index contributed by atoms with van der Waals surface area (Å²) < 4.78 is 0. The van der Waals surface area contributed by atoms with Crippen LogP contribution in [0.2, 0.25) is 0 Å². The highest BCUT2D eigenvalue weighted by Gasteiger charge is 2.23. The minimum atomic E-state index is 0.911. The van der Waals surface area contributed by atoms with Crippen molar-refractivity contribution in [3.8, 4) is 0 Å². The SMILES string of the molecule is CCCCCC1CCC(C=CC2CCC(CCC)CC2)CC1.CCCCCCCC1CCC(C=CC2CCC(CCCC)CC2)CC1. The van der Waals surface area contributed by atoms with E-state index < -0.39 is 0 Å². The summed E-state index contributed by atoms with van der Waals surface area (Å²) in [5.41, 5.74) is 0. The average molecular weight is 651 g/mol. The Balaban J connectivity index is 0.000000257. The van der Waals surface area contributed by atoms with E-state index in [4.69, 9.17) is 0 Å². The first-order valence-electron chi connectivity index (χ1n) is 22.5. The quantitative estimate of drug-likeness (QED) is 0.0964. The summed E-state index contributed by atoms with van der Waals surface area (Å²) >= 11 is 0. The highest BCUT2D eigenvalue weighted by molar-refractivity contribution is 4.97. The Kier molecular flexibility index (Phi) is 22.9. The van der Waals surface area contributed by atoms with E-state index in [-0.39, 0.29) is 0 Å². The van der Waals surface area contributed by atoms with Crippen molar-refractivity contribution < 1.29 is 0 Å². The van der Waals surface area contributed by atoms with E-state index in [1.165, 1.54) is 199 Å². The smallest absolute Gasteiger partial charge is 0.0233 e. The molecule has 0 N–H and O–H groups in total. The van der Waals surface area contributed by atoms with Gasteiger partial charge in [0.15, 0.2) is 0 Å². The predicted molar refractivity (Wildman–Crippen MR) is 212 cm³/mol. The molecule has 0 atom stereocenters. The molecule has 0 spiro atoms. The number of hydrogen-bond donors (Lipinski definition) is 0. The molecule has 0 bridgehead atoms. The van der Waals surface area contributed by atoms with E-state index in [1.54, 1.807) is 0 Å². The van der Waals surface area contributed by atoms with E-state index in [1.807, 2.05) is 0 Å². The van der Waals surface area contributed by atoms with Crippen LogP contribution in [0.25, 0.3) is 0 Å². The Hall–Kier alpha value is -0.520. The molecule has 4 rings (SSSR count). The fourth-order valence-corrected chi connectivity index (χ4v) is 9.93. The van der Waals surface area contributed by atoms with Crippen LogP contribution in [-0.2, 0) is 0 Å². The second-order valence-corrected chi connectivity index (χ2v) is 17.5. The lowest BCUT2D eigenvalue weighted by molar-refractivity contribution is 0.280. The van der Waals surface area contributed by atoms with Gasteiger partial charge in [0, 0.05) is 0 Å². The summed E-state index contributed by atoms with van der Waals surface area (Å²) in [6, 6.07) is 0. The molecule has 0 aromatic carbocycles. The summed E-state index contributed by atoms with van der Waals surface area (Å²) in [5.74, 6) is 7.86. The van der Waals surface area contributed by atoms with Gasteiger partial charge in [-0.25, -0.2) is 0 Å². The Morgan fingerprint density at radius 3 is 0.894 bits per heavy atom. The Labute approximate surface area is 297 Å². The van der Waals surface area contributed by atoms with E-state index in [2.05, 4.69) is 52.0 Å². The lowest BCUT2D eigenvalue weighted by Crippen LogP contribution is -2.15. The van der Waals surface area contributed by atoms with Gasteiger partial charge in [0.05, 0.1) is 0 Å². The summed E-state index contributed by atoms with van der Waals surface area (Å²) in [7, 11) is 0. The second-order valence-electron chi connectivity index (χ2n) is 17.5. The molecular weight excluding hydrogens is 565 g/mol.